The smallest absolute Gasteiger partial charge is 0.337 e. The number of anilines is 1. The van der Waals surface area contributed by atoms with E-state index < -0.39 is 17.8 Å². The summed E-state index contributed by atoms with van der Waals surface area (Å²) in [6, 6.07) is 13.7. The molecule has 124 valence electrons. The van der Waals surface area contributed by atoms with Gasteiger partial charge in [-0.15, -0.1) is 0 Å². The third-order valence-electron chi connectivity index (χ3n) is 3.31. The van der Waals surface area contributed by atoms with Crippen molar-refractivity contribution in [2.45, 2.75) is 13.5 Å². The molecule has 2 aromatic rings. The van der Waals surface area contributed by atoms with Gasteiger partial charge in [0.2, 0.25) is 0 Å². The van der Waals surface area contributed by atoms with Crippen molar-refractivity contribution in [3.8, 4) is 0 Å². The Kier molecular flexibility index (Phi) is 5.68. The number of benzene rings is 2. The molecule has 0 radical (unpaired) electrons. The molecule has 2 amide bonds. The van der Waals surface area contributed by atoms with E-state index >= 15 is 0 Å². The van der Waals surface area contributed by atoms with Gasteiger partial charge in [-0.25, -0.2) is 4.79 Å². The summed E-state index contributed by atoms with van der Waals surface area (Å²) in [4.78, 5) is 35.0. The van der Waals surface area contributed by atoms with E-state index in [1.807, 2.05) is 31.2 Å². The van der Waals surface area contributed by atoms with E-state index in [1.165, 1.54) is 31.4 Å². The molecule has 0 unspecified atom stereocenters. The standard InChI is InChI=1S/C18H18N2O4/c1-12-4-3-5-13(10-12)11-19-16(21)17(22)20-15-8-6-14(7-9-15)18(23)24-2/h3-10H,11H2,1-2H3,(H,19,21)(H,20,22). The van der Waals surface area contributed by atoms with Gasteiger partial charge in [0.15, 0.2) is 0 Å². The Morgan fingerprint density at radius 2 is 1.71 bits per heavy atom. The van der Waals surface area contributed by atoms with Crippen LogP contribution in [0.4, 0.5) is 5.69 Å². The first-order valence-electron chi connectivity index (χ1n) is 7.32. The molecular weight excluding hydrogens is 308 g/mol. The summed E-state index contributed by atoms with van der Waals surface area (Å²) in [6.45, 7) is 2.23. The number of nitrogens with one attached hydrogen (secondary N) is 2. The summed E-state index contributed by atoms with van der Waals surface area (Å²) in [7, 11) is 1.29. The van der Waals surface area contributed by atoms with Crippen molar-refractivity contribution in [1.29, 1.82) is 0 Å². The normalized spacial score (nSPS) is 9.92. The number of carbonyl (C=O) groups excluding carboxylic acids is 3. The molecule has 0 aromatic heterocycles. The molecule has 0 saturated carbocycles. The maximum Gasteiger partial charge on any atom is 0.337 e. The van der Waals surface area contributed by atoms with Crippen LogP contribution in [0.15, 0.2) is 48.5 Å². The van der Waals surface area contributed by atoms with Gasteiger partial charge in [-0.1, -0.05) is 29.8 Å². The molecule has 0 fully saturated rings. The lowest BCUT2D eigenvalue weighted by molar-refractivity contribution is -0.136. The average molecular weight is 326 g/mol. The predicted octanol–water partition coefficient (Wildman–Crippen LogP) is 2.04. The maximum atomic E-state index is 11.9. The van der Waals surface area contributed by atoms with Crippen LogP contribution in [0, 0.1) is 6.92 Å². The molecule has 0 aliphatic rings. The van der Waals surface area contributed by atoms with Gasteiger partial charge < -0.3 is 15.4 Å². The predicted molar refractivity (Wildman–Crippen MR) is 89.4 cm³/mol. The van der Waals surface area contributed by atoms with E-state index in [9.17, 15) is 14.4 Å². The van der Waals surface area contributed by atoms with Crippen LogP contribution in [0.2, 0.25) is 0 Å². The second-order valence-electron chi connectivity index (χ2n) is 5.19. The molecule has 2 aromatic carbocycles. The zero-order valence-corrected chi connectivity index (χ0v) is 13.5. The van der Waals surface area contributed by atoms with E-state index in [-0.39, 0.29) is 6.54 Å². The van der Waals surface area contributed by atoms with Crippen molar-refractivity contribution in [1.82, 2.24) is 5.32 Å². The minimum Gasteiger partial charge on any atom is -0.465 e. The molecule has 0 aliphatic carbocycles. The number of methoxy groups -OCH3 is 1. The van der Waals surface area contributed by atoms with E-state index in [0.29, 0.717) is 11.3 Å². The fourth-order valence-electron chi connectivity index (χ4n) is 2.08. The SMILES string of the molecule is COC(=O)c1ccc(NC(=O)C(=O)NCc2cccc(C)c2)cc1. The van der Waals surface area contributed by atoms with E-state index in [4.69, 9.17) is 0 Å². The van der Waals surface area contributed by atoms with Crippen LogP contribution in [0.3, 0.4) is 0 Å². The average Bonchev–Trinajstić information content (AvgIpc) is 2.59. The van der Waals surface area contributed by atoms with Crippen LogP contribution in [-0.2, 0) is 20.9 Å². The Labute approximate surface area is 139 Å². The number of ether oxygens (including phenoxy) is 1. The first kappa shape index (κ1) is 17.2. The summed E-state index contributed by atoms with van der Waals surface area (Å²) in [5.74, 6) is -1.97. The van der Waals surface area contributed by atoms with Gasteiger partial charge in [-0.3, -0.25) is 9.59 Å². The summed E-state index contributed by atoms with van der Waals surface area (Å²) in [5.41, 5.74) is 2.77. The highest BCUT2D eigenvalue weighted by atomic mass is 16.5. The molecule has 2 N–H and O–H groups in total. The van der Waals surface area contributed by atoms with Crippen LogP contribution >= 0.6 is 0 Å². The number of carbonyl (C=O) groups is 3. The Balaban J connectivity index is 1.89. The number of amides is 2. The van der Waals surface area contributed by atoms with Crippen molar-refractivity contribution in [2.24, 2.45) is 0 Å². The first-order valence-corrected chi connectivity index (χ1v) is 7.32. The molecule has 6 heteroatoms. The van der Waals surface area contributed by atoms with E-state index in [0.717, 1.165) is 11.1 Å². The lowest BCUT2D eigenvalue weighted by Gasteiger charge is -2.07. The fourth-order valence-corrected chi connectivity index (χ4v) is 2.08. The third-order valence-corrected chi connectivity index (χ3v) is 3.31. The highest BCUT2D eigenvalue weighted by Crippen LogP contribution is 2.10. The molecule has 0 atom stereocenters. The Morgan fingerprint density at radius 1 is 1.00 bits per heavy atom. The Morgan fingerprint density at radius 3 is 2.33 bits per heavy atom. The minimum absolute atomic E-state index is 0.273. The Bertz CT molecular complexity index is 754. The number of hydrogen-bond donors (Lipinski definition) is 2. The van der Waals surface area contributed by atoms with Crippen LogP contribution in [0.5, 0.6) is 0 Å². The van der Waals surface area contributed by atoms with E-state index in [2.05, 4.69) is 15.4 Å². The molecule has 0 aliphatic heterocycles. The molecule has 24 heavy (non-hydrogen) atoms. The number of aryl methyl sites for hydroxylation is 1. The lowest BCUT2D eigenvalue weighted by atomic mass is 10.1. The van der Waals surface area contributed by atoms with Gasteiger partial charge in [0.05, 0.1) is 12.7 Å². The Hall–Kier alpha value is -3.15. The van der Waals surface area contributed by atoms with Crippen LogP contribution in [-0.4, -0.2) is 24.9 Å². The van der Waals surface area contributed by atoms with Gasteiger partial charge in [0.1, 0.15) is 0 Å². The topological polar surface area (TPSA) is 84.5 Å². The van der Waals surface area contributed by atoms with Crippen LogP contribution in [0.1, 0.15) is 21.5 Å². The molecule has 0 heterocycles. The number of hydrogen-bond acceptors (Lipinski definition) is 4. The molecule has 0 spiro atoms. The van der Waals surface area contributed by atoms with Crippen molar-refractivity contribution in [2.75, 3.05) is 12.4 Å². The first-order chi connectivity index (χ1) is 11.5. The highest BCUT2D eigenvalue weighted by molar-refractivity contribution is 6.39. The number of esters is 1. The van der Waals surface area contributed by atoms with Crippen molar-refractivity contribution in [3.05, 3.63) is 65.2 Å². The second kappa shape index (κ2) is 7.92. The molecule has 0 saturated heterocycles. The number of rotatable bonds is 4. The minimum atomic E-state index is -0.770. The highest BCUT2D eigenvalue weighted by Gasteiger charge is 2.14. The summed E-state index contributed by atoms with van der Waals surface area (Å²) in [5, 5.41) is 5.03. The van der Waals surface area contributed by atoms with Crippen molar-refractivity contribution < 1.29 is 19.1 Å². The largest absolute Gasteiger partial charge is 0.465 e. The van der Waals surface area contributed by atoms with Gasteiger partial charge in [-0.2, -0.15) is 0 Å². The second-order valence-corrected chi connectivity index (χ2v) is 5.19. The summed E-state index contributed by atoms with van der Waals surface area (Å²) >= 11 is 0. The lowest BCUT2D eigenvalue weighted by Crippen LogP contribution is -2.34. The van der Waals surface area contributed by atoms with Gasteiger partial charge in [0.25, 0.3) is 0 Å². The van der Waals surface area contributed by atoms with E-state index in [1.54, 1.807) is 0 Å². The van der Waals surface area contributed by atoms with Crippen LogP contribution < -0.4 is 10.6 Å². The molecule has 2 rings (SSSR count). The monoisotopic (exact) mass is 326 g/mol. The van der Waals surface area contributed by atoms with Gasteiger partial charge in [0, 0.05) is 12.2 Å². The van der Waals surface area contributed by atoms with Gasteiger partial charge >= 0.3 is 17.8 Å². The molecule has 0 bridgehead atoms. The van der Waals surface area contributed by atoms with Gasteiger partial charge in [-0.05, 0) is 36.8 Å². The third kappa shape index (κ3) is 4.67. The zero-order chi connectivity index (χ0) is 17.5. The summed E-state index contributed by atoms with van der Waals surface area (Å²) in [6.07, 6.45) is 0. The fraction of sp³-hybridized carbons (Fsp3) is 0.167. The molecular formula is C18H18N2O4. The molecule has 6 nitrogen and oxygen atoms in total. The van der Waals surface area contributed by atoms with Crippen molar-refractivity contribution >= 4 is 23.5 Å². The zero-order valence-electron chi connectivity index (χ0n) is 13.5. The summed E-state index contributed by atoms with van der Waals surface area (Å²) < 4.78 is 4.59. The maximum absolute atomic E-state index is 11.9. The van der Waals surface area contributed by atoms with Crippen LogP contribution in [0.25, 0.3) is 0 Å². The van der Waals surface area contributed by atoms with Crippen molar-refractivity contribution in [3.63, 3.8) is 0 Å². The quantitative estimate of drug-likeness (QED) is 0.665.